The number of aliphatic hydroxyl groups excluding tert-OH is 6. The molecule has 2 aliphatic heterocycles. The van der Waals surface area contributed by atoms with Gasteiger partial charge in [-0.15, -0.1) is 0 Å². The minimum Gasteiger partial charge on any atom is -0.451 e. The smallest absolute Gasteiger partial charge is 0.378 e. The van der Waals surface area contributed by atoms with Crippen LogP contribution in [-0.4, -0.2) is 97.5 Å². The second-order valence-electron chi connectivity index (χ2n) is 7.53. The summed E-state index contributed by atoms with van der Waals surface area (Å²) in [5.74, 6) is -2.65. The number of aryl methyl sites for hydroxylation is 1. The Kier molecular flexibility index (Phi) is 7.69. The highest BCUT2D eigenvalue weighted by molar-refractivity contribution is 5.90. The highest BCUT2D eigenvalue weighted by Gasteiger charge is 2.57. The lowest BCUT2D eigenvalue weighted by Crippen LogP contribution is -2.59. The molecule has 7 atom stereocenters. The largest absolute Gasteiger partial charge is 0.451 e. The van der Waals surface area contributed by atoms with Gasteiger partial charge in [0.1, 0.15) is 30.5 Å². The van der Waals surface area contributed by atoms with Crippen LogP contribution in [0, 0.1) is 0 Å². The van der Waals surface area contributed by atoms with Gasteiger partial charge in [-0.1, -0.05) is 30.3 Å². The highest BCUT2D eigenvalue weighted by atomic mass is 17.1. The number of carbonyl (C=O) groups excluding carboxylic acids is 1. The van der Waals surface area contributed by atoms with Crippen LogP contribution < -0.4 is 0 Å². The number of rotatable bonds is 9. The molecule has 1 aromatic carbocycles. The van der Waals surface area contributed by atoms with Crippen molar-refractivity contribution < 1.29 is 59.8 Å². The zero-order chi connectivity index (χ0) is 23.5. The SMILES string of the molecule is O=C1O[C@](CCc2ccccc2)([C@@H](O)CO)C(OO)=C1OC1O[C@H](CO)[C@@H](O)[C@H](O)[C@H]1O. The minimum absolute atomic E-state index is 0.123. The molecule has 3 rings (SSSR count). The number of carbonyl (C=O) groups is 1. The van der Waals surface area contributed by atoms with E-state index in [4.69, 9.17) is 14.2 Å². The molecule has 1 unspecified atom stereocenters. The number of aliphatic hydroxyl groups is 6. The minimum atomic E-state index is -2.03. The quantitative estimate of drug-likeness (QED) is 0.120. The fourth-order valence-electron chi connectivity index (χ4n) is 3.72. The van der Waals surface area contributed by atoms with E-state index in [1.165, 1.54) is 0 Å². The molecule has 0 spiro atoms. The molecule has 1 fully saturated rings. The van der Waals surface area contributed by atoms with E-state index in [0.717, 1.165) is 5.56 Å². The van der Waals surface area contributed by atoms with Gasteiger partial charge >= 0.3 is 5.97 Å². The summed E-state index contributed by atoms with van der Waals surface area (Å²) in [5, 5.41) is 68.7. The molecule has 2 aliphatic rings. The fraction of sp³-hybridized carbons (Fsp3) is 0.550. The molecule has 12 nitrogen and oxygen atoms in total. The topological polar surface area (TPSA) is 196 Å². The first-order valence-electron chi connectivity index (χ1n) is 9.88. The van der Waals surface area contributed by atoms with Crippen molar-refractivity contribution in [2.75, 3.05) is 13.2 Å². The molecule has 0 radical (unpaired) electrons. The molecule has 0 aliphatic carbocycles. The number of ether oxygens (including phenoxy) is 3. The van der Waals surface area contributed by atoms with Crippen LogP contribution >= 0.6 is 0 Å². The zero-order valence-corrected chi connectivity index (χ0v) is 16.9. The molecule has 0 amide bonds. The molecule has 0 bridgehead atoms. The van der Waals surface area contributed by atoms with Crippen LogP contribution in [0.3, 0.4) is 0 Å². The summed E-state index contributed by atoms with van der Waals surface area (Å²) in [7, 11) is 0. The lowest BCUT2D eigenvalue weighted by molar-refractivity contribution is -0.293. The van der Waals surface area contributed by atoms with Crippen molar-refractivity contribution in [1.82, 2.24) is 0 Å². The van der Waals surface area contributed by atoms with Crippen LogP contribution in [0.4, 0.5) is 0 Å². The molecule has 0 saturated carbocycles. The maximum absolute atomic E-state index is 12.6. The third-order valence-electron chi connectivity index (χ3n) is 5.56. The summed E-state index contributed by atoms with van der Waals surface area (Å²) < 4.78 is 15.8. The summed E-state index contributed by atoms with van der Waals surface area (Å²) >= 11 is 0. The second kappa shape index (κ2) is 10.1. The highest BCUT2D eigenvalue weighted by Crippen LogP contribution is 2.41. The van der Waals surface area contributed by atoms with Crippen LogP contribution in [0.15, 0.2) is 41.9 Å². The maximum Gasteiger partial charge on any atom is 0.378 e. The average molecular weight is 458 g/mol. The lowest BCUT2D eigenvalue weighted by atomic mass is 9.88. The number of hydrogen-bond donors (Lipinski definition) is 7. The molecular formula is C20H26O12. The molecule has 1 saturated heterocycles. The molecule has 1 aromatic rings. The predicted octanol–water partition coefficient (Wildman–Crippen LogP) is -2.21. The van der Waals surface area contributed by atoms with E-state index >= 15 is 0 Å². The van der Waals surface area contributed by atoms with E-state index in [-0.39, 0.29) is 12.8 Å². The average Bonchev–Trinajstić information content (AvgIpc) is 3.09. The standard InChI is InChI=1S/C20H26O12/c21-8-11-13(24)14(25)15(26)19(29-11)30-16-17(32-28)20(12(23)9-22,31-18(16)27)7-6-10-4-2-1-3-5-10/h1-5,11-15,19,21-26,28H,6-9H2/t11-,12+,13-,14+,15-,19?,20-/m1/s1. The Bertz CT molecular complexity index is 812. The molecule has 178 valence electrons. The summed E-state index contributed by atoms with van der Waals surface area (Å²) in [6.07, 6.45) is -9.98. The number of hydrogen-bond acceptors (Lipinski definition) is 12. The van der Waals surface area contributed by atoms with Crippen molar-refractivity contribution >= 4 is 5.97 Å². The molecule has 2 heterocycles. The summed E-state index contributed by atoms with van der Waals surface area (Å²) in [6, 6.07) is 8.91. The number of benzene rings is 1. The predicted molar refractivity (Wildman–Crippen MR) is 102 cm³/mol. The summed E-state index contributed by atoms with van der Waals surface area (Å²) in [5.41, 5.74) is -1.23. The Morgan fingerprint density at radius 1 is 1.06 bits per heavy atom. The van der Waals surface area contributed by atoms with Gasteiger partial charge in [0.2, 0.25) is 17.7 Å². The van der Waals surface area contributed by atoms with Gasteiger partial charge in [-0.3, -0.25) is 0 Å². The van der Waals surface area contributed by atoms with Gasteiger partial charge in [0.25, 0.3) is 5.76 Å². The molecule has 32 heavy (non-hydrogen) atoms. The molecular weight excluding hydrogens is 432 g/mol. The van der Waals surface area contributed by atoms with Gasteiger partial charge in [0.15, 0.2) is 0 Å². The van der Waals surface area contributed by atoms with Crippen molar-refractivity contribution in [3.63, 3.8) is 0 Å². The van der Waals surface area contributed by atoms with E-state index < -0.39 is 73.1 Å². The van der Waals surface area contributed by atoms with Crippen molar-refractivity contribution in [3.8, 4) is 0 Å². The van der Waals surface area contributed by atoms with Crippen LogP contribution in [0.25, 0.3) is 0 Å². The van der Waals surface area contributed by atoms with E-state index in [0.29, 0.717) is 0 Å². The van der Waals surface area contributed by atoms with E-state index in [9.17, 15) is 40.7 Å². The molecule has 12 heteroatoms. The Morgan fingerprint density at radius 3 is 2.34 bits per heavy atom. The summed E-state index contributed by atoms with van der Waals surface area (Å²) in [6.45, 7) is -1.59. The van der Waals surface area contributed by atoms with Crippen LogP contribution in [0.1, 0.15) is 12.0 Å². The van der Waals surface area contributed by atoms with E-state index in [1.807, 2.05) is 0 Å². The third-order valence-corrected chi connectivity index (χ3v) is 5.56. The first-order chi connectivity index (χ1) is 15.3. The Hall–Kier alpha value is -2.29. The molecule has 0 aromatic heterocycles. The van der Waals surface area contributed by atoms with Crippen molar-refractivity contribution in [3.05, 3.63) is 47.4 Å². The first kappa shape index (κ1) is 24.4. The molecule has 7 N–H and O–H groups in total. The van der Waals surface area contributed by atoms with Gasteiger partial charge in [0, 0.05) is 6.42 Å². The third kappa shape index (κ3) is 4.44. The normalized spacial score (nSPS) is 33.7. The first-order valence-corrected chi connectivity index (χ1v) is 9.88. The van der Waals surface area contributed by atoms with Crippen LogP contribution in [-0.2, 0) is 30.3 Å². The second-order valence-corrected chi connectivity index (χ2v) is 7.53. The Balaban J connectivity index is 1.91. The number of esters is 1. The lowest BCUT2D eigenvalue weighted by Gasteiger charge is -2.39. The van der Waals surface area contributed by atoms with E-state index in [2.05, 4.69) is 4.89 Å². The summed E-state index contributed by atoms with van der Waals surface area (Å²) in [4.78, 5) is 16.9. The van der Waals surface area contributed by atoms with Crippen molar-refractivity contribution in [1.29, 1.82) is 0 Å². The maximum atomic E-state index is 12.6. The fourth-order valence-corrected chi connectivity index (χ4v) is 3.72. The van der Waals surface area contributed by atoms with Crippen molar-refractivity contribution in [2.45, 2.75) is 55.3 Å². The van der Waals surface area contributed by atoms with Crippen LogP contribution in [0.2, 0.25) is 0 Å². The Labute approximate surface area is 182 Å². The van der Waals surface area contributed by atoms with Crippen molar-refractivity contribution in [2.24, 2.45) is 0 Å². The van der Waals surface area contributed by atoms with E-state index in [1.54, 1.807) is 30.3 Å². The monoisotopic (exact) mass is 458 g/mol. The van der Waals surface area contributed by atoms with Gasteiger partial charge in [-0.05, 0) is 12.0 Å². The van der Waals surface area contributed by atoms with Gasteiger partial charge in [-0.25, -0.2) is 10.1 Å². The number of cyclic esters (lactones) is 1. The zero-order valence-electron chi connectivity index (χ0n) is 16.9. The van der Waals surface area contributed by atoms with Gasteiger partial charge < -0.3 is 49.7 Å². The van der Waals surface area contributed by atoms with Gasteiger partial charge in [0.05, 0.1) is 13.2 Å². The Morgan fingerprint density at radius 2 is 1.75 bits per heavy atom. The van der Waals surface area contributed by atoms with Gasteiger partial charge in [-0.2, -0.15) is 0 Å². The van der Waals surface area contributed by atoms with Crippen LogP contribution in [0.5, 0.6) is 0 Å².